The molecule has 0 saturated heterocycles. The summed E-state index contributed by atoms with van der Waals surface area (Å²) < 4.78 is 0. The van der Waals surface area contributed by atoms with Crippen molar-refractivity contribution in [2.24, 2.45) is 0 Å². The summed E-state index contributed by atoms with van der Waals surface area (Å²) in [5.74, 6) is 0.504. The van der Waals surface area contributed by atoms with Crippen LogP contribution in [-0.4, -0.2) is 10.9 Å². The van der Waals surface area contributed by atoms with Gasteiger partial charge in [0.25, 0.3) is 0 Å². The van der Waals surface area contributed by atoms with Crippen LogP contribution in [0.2, 0.25) is 0 Å². The maximum atomic E-state index is 10.5. The van der Waals surface area contributed by atoms with Gasteiger partial charge >= 0.3 is 0 Å². The Labute approximate surface area is 92.9 Å². The third kappa shape index (κ3) is 8.94. The highest BCUT2D eigenvalue weighted by Crippen LogP contribution is 2.02. The van der Waals surface area contributed by atoms with Crippen molar-refractivity contribution < 1.29 is 4.79 Å². The fraction of sp³-hybridized carbons (Fsp3) is 0.500. The molecule has 0 aliphatic rings. The molecule has 3 nitrogen and oxygen atoms in total. The van der Waals surface area contributed by atoms with Gasteiger partial charge in [0.1, 0.15) is 5.82 Å². The van der Waals surface area contributed by atoms with Crippen LogP contribution in [-0.2, 0) is 4.79 Å². The lowest BCUT2D eigenvalue weighted by molar-refractivity contribution is -0.114. The molecule has 0 bridgehead atoms. The number of hydrogen-bond acceptors (Lipinski definition) is 2. The van der Waals surface area contributed by atoms with Crippen molar-refractivity contribution in [1.29, 1.82) is 0 Å². The molecule has 1 aromatic heterocycles. The van der Waals surface area contributed by atoms with E-state index in [2.05, 4.69) is 10.3 Å². The lowest BCUT2D eigenvalue weighted by Crippen LogP contribution is -2.06. The number of nitrogens with one attached hydrogen (secondary N) is 1. The number of carbonyl (C=O) groups is 1. The van der Waals surface area contributed by atoms with E-state index in [1.165, 1.54) is 6.92 Å². The Kier molecular flexibility index (Phi) is 11.5. The smallest absolute Gasteiger partial charge is 0.222 e. The van der Waals surface area contributed by atoms with Crippen molar-refractivity contribution in [1.82, 2.24) is 4.98 Å². The molecule has 1 aromatic rings. The Bertz CT molecular complexity index is 255. The van der Waals surface area contributed by atoms with Crippen molar-refractivity contribution in [2.75, 3.05) is 5.32 Å². The van der Waals surface area contributed by atoms with Gasteiger partial charge in [-0.25, -0.2) is 4.98 Å². The maximum absolute atomic E-state index is 10.5. The summed E-state index contributed by atoms with van der Waals surface area (Å²) in [5.41, 5.74) is 1.08. The Hall–Kier alpha value is -1.38. The molecule has 0 atom stereocenters. The standard InChI is InChI=1S/C8H10N2O.2C2H6/c1-6-3-4-8(9-5-6)10-7(2)11;2*1-2/h3-5H,1-2H3,(H,9,10,11);2*1-2H3. The Morgan fingerprint density at radius 3 is 2.07 bits per heavy atom. The van der Waals surface area contributed by atoms with E-state index in [4.69, 9.17) is 0 Å². The van der Waals surface area contributed by atoms with Gasteiger partial charge in [-0.05, 0) is 18.6 Å². The highest BCUT2D eigenvalue weighted by molar-refractivity contribution is 5.87. The fourth-order valence-electron chi connectivity index (χ4n) is 0.722. The van der Waals surface area contributed by atoms with E-state index in [1.54, 1.807) is 12.3 Å². The molecule has 0 unspecified atom stereocenters. The van der Waals surface area contributed by atoms with Gasteiger partial charge in [0.15, 0.2) is 0 Å². The molecule has 1 heterocycles. The normalized spacial score (nSPS) is 7.60. The van der Waals surface area contributed by atoms with Crippen LogP contribution in [0.25, 0.3) is 0 Å². The summed E-state index contributed by atoms with van der Waals surface area (Å²) in [5, 5.41) is 2.58. The van der Waals surface area contributed by atoms with Crippen molar-refractivity contribution in [2.45, 2.75) is 41.5 Å². The van der Waals surface area contributed by atoms with Gasteiger partial charge in [-0.1, -0.05) is 33.8 Å². The third-order valence-electron chi connectivity index (χ3n) is 1.22. The third-order valence-corrected chi connectivity index (χ3v) is 1.22. The van der Waals surface area contributed by atoms with Crippen LogP contribution in [0, 0.1) is 6.92 Å². The summed E-state index contributed by atoms with van der Waals surface area (Å²) in [6.07, 6.45) is 1.71. The zero-order chi connectivity index (χ0) is 12.3. The number of aryl methyl sites for hydroxylation is 1. The minimum Gasteiger partial charge on any atom is -0.311 e. The topological polar surface area (TPSA) is 42.0 Å². The summed E-state index contributed by atoms with van der Waals surface area (Å²) in [4.78, 5) is 14.5. The summed E-state index contributed by atoms with van der Waals surface area (Å²) in [7, 11) is 0. The Morgan fingerprint density at radius 1 is 1.20 bits per heavy atom. The molecule has 0 radical (unpaired) electrons. The minimum atomic E-state index is -0.0960. The molecule has 1 N–H and O–H groups in total. The molecule has 0 aliphatic heterocycles. The summed E-state index contributed by atoms with van der Waals surface area (Å²) in [6, 6.07) is 3.68. The molecule has 15 heavy (non-hydrogen) atoms. The fourth-order valence-corrected chi connectivity index (χ4v) is 0.722. The molecule has 1 amide bonds. The monoisotopic (exact) mass is 210 g/mol. The summed E-state index contributed by atoms with van der Waals surface area (Å²) >= 11 is 0. The van der Waals surface area contributed by atoms with Crippen LogP contribution in [0.3, 0.4) is 0 Å². The highest BCUT2D eigenvalue weighted by atomic mass is 16.1. The predicted molar refractivity (Wildman–Crippen MR) is 66.0 cm³/mol. The molecular formula is C12H22N2O. The van der Waals surface area contributed by atoms with Crippen LogP contribution in [0.1, 0.15) is 40.2 Å². The molecular weight excluding hydrogens is 188 g/mol. The number of nitrogens with zero attached hydrogens (tertiary/aromatic N) is 1. The van der Waals surface area contributed by atoms with E-state index >= 15 is 0 Å². The quantitative estimate of drug-likeness (QED) is 0.772. The van der Waals surface area contributed by atoms with Crippen LogP contribution in [0.15, 0.2) is 18.3 Å². The SMILES string of the molecule is CC.CC.CC(=O)Nc1ccc(C)cn1. The molecule has 3 heteroatoms. The second kappa shape index (κ2) is 10.7. The molecule has 0 aliphatic carbocycles. The second-order valence-electron chi connectivity index (χ2n) is 2.40. The number of aromatic nitrogens is 1. The average molecular weight is 210 g/mol. The Morgan fingerprint density at radius 2 is 1.73 bits per heavy atom. The largest absolute Gasteiger partial charge is 0.311 e. The van der Waals surface area contributed by atoms with Crippen molar-refractivity contribution in [3.05, 3.63) is 23.9 Å². The van der Waals surface area contributed by atoms with Crippen LogP contribution in [0.5, 0.6) is 0 Å². The number of hydrogen-bond donors (Lipinski definition) is 1. The van der Waals surface area contributed by atoms with Gasteiger partial charge in [0, 0.05) is 13.1 Å². The first-order chi connectivity index (χ1) is 7.18. The van der Waals surface area contributed by atoms with Crippen molar-refractivity contribution >= 4 is 11.7 Å². The van der Waals surface area contributed by atoms with Crippen LogP contribution < -0.4 is 5.32 Å². The molecule has 0 saturated carbocycles. The second-order valence-corrected chi connectivity index (χ2v) is 2.40. The number of rotatable bonds is 1. The van der Waals surface area contributed by atoms with Crippen molar-refractivity contribution in [3.63, 3.8) is 0 Å². The van der Waals surface area contributed by atoms with Crippen LogP contribution >= 0.6 is 0 Å². The highest BCUT2D eigenvalue weighted by Gasteiger charge is 1.93. The van der Waals surface area contributed by atoms with Gasteiger partial charge in [0.2, 0.25) is 5.91 Å². The van der Waals surface area contributed by atoms with E-state index in [-0.39, 0.29) is 5.91 Å². The van der Waals surface area contributed by atoms with E-state index in [9.17, 15) is 4.79 Å². The Balaban J connectivity index is 0. The van der Waals surface area contributed by atoms with E-state index in [0.29, 0.717) is 5.82 Å². The number of amides is 1. The van der Waals surface area contributed by atoms with Gasteiger partial charge in [-0.15, -0.1) is 0 Å². The average Bonchev–Trinajstić information content (AvgIpc) is 2.27. The lowest BCUT2D eigenvalue weighted by Gasteiger charge is -1.99. The predicted octanol–water partition coefficient (Wildman–Crippen LogP) is 3.40. The minimum absolute atomic E-state index is 0.0960. The van der Waals surface area contributed by atoms with Gasteiger partial charge in [-0.2, -0.15) is 0 Å². The number of anilines is 1. The first kappa shape index (κ1) is 16.1. The molecule has 0 spiro atoms. The zero-order valence-electron chi connectivity index (χ0n) is 10.6. The number of pyridine rings is 1. The van der Waals surface area contributed by atoms with Crippen molar-refractivity contribution in [3.8, 4) is 0 Å². The molecule has 0 aromatic carbocycles. The first-order valence-electron chi connectivity index (χ1n) is 5.39. The van der Waals surface area contributed by atoms with Gasteiger partial charge in [0.05, 0.1) is 0 Å². The van der Waals surface area contributed by atoms with E-state index < -0.39 is 0 Å². The maximum Gasteiger partial charge on any atom is 0.222 e. The van der Waals surface area contributed by atoms with Gasteiger partial charge < -0.3 is 5.32 Å². The summed E-state index contributed by atoms with van der Waals surface area (Å²) in [6.45, 7) is 11.4. The molecule has 1 rings (SSSR count). The number of carbonyl (C=O) groups excluding carboxylic acids is 1. The van der Waals surface area contributed by atoms with Gasteiger partial charge in [-0.3, -0.25) is 4.79 Å². The van der Waals surface area contributed by atoms with Crippen LogP contribution in [0.4, 0.5) is 5.82 Å². The first-order valence-corrected chi connectivity index (χ1v) is 5.39. The van der Waals surface area contributed by atoms with E-state index in [1.807, 2.05) is 40.7 Å². The zero-order valence-corrected chi connectivity index (χ0v) is 10.6. The lowest BCUT2D eigenvalue weighted by atomic mass is 10.3. The molecule has 0 fully saturated rings. The van der Waals surface area contributed by atoms with E-state index in [0.717, 1.165) is 5.56 Å². The molecule has 86 valence electrons.